The molecule has 1 unspecified atom stereocenters. The summed E-state index contributed by atoms with van der Waals surface area (Å²) in [6.07, 6.45) is 0.0509. The van der Waals surface area contributed by atoms with Gasteiger partial charge in [0.25, 0.3) is 0 Å². The van der Waals surface area contributed by atoms with Gasteiger partial charge in [0.2, 0.25) is 0 Å². The molecular weight excluding hydrogens is 292 g/mol. The molecule has 22 heavy (non-hydrogen) atoms. The Bertz CT molecular complexity index is 592. The van der Waals surface area contributed by atoms with Crippen LogP contribution in [0.4, 0.5) is 0 Å². The number of esters is 1. The van der Waals surface area contributed by atoms with Gasteiger partial charge >= 0.3 is 17.9 Å². The Morgan fingerprint density at radius 3 is 2.45 bits per heavy atom. The summed E-state index contributed by atoms with van der Waals surface area (Å²) in [5.41, 5.74) is -0.484. The topological polar surface area (TPSA) is 121 Å². The zero-order chi connectivity index (χ0) is 16.7. The van der Waals surface area contributed by atoms with Crippen LogP contribution < -0.4 is 0 Å². The number of carboxylic acids is 2. The molecule has 1 aromatic carbocycles. The van der Waals surface area contributed by atoms with Gasteiger partial charge in [-0.25, -0.2) is 14.4 Å². The van der Waals surface area contributed by atoms with Crippen molar-refractivity contribution in [1.29, 1.82) is 0 Å². The molecular formula is C15H16O7. The first-order valence-corrected chi connectivity index (χ1v) is 6.42. The fourth-order valence-corrected chi connectivity index (χ4v) is 1.91. The highest BCUT2D eigenvalue weighted by molar-refractivity contribution is 6.02. The summed E-state index contributed by atoms with van der Waals surface area (Å²) in [5, 5.41) is 28.0. The Morgan fingerprint density at radius 1 is 1.23 bits per heavy atom. The second kappa shape index (κ2) is 7.94. The standard InChI is InChI=1S/C15H16O7/c1-2-12(17)22-7-6-10(16)8-9-4-3-5-11(14(18)19)13(9)15(20)21/h2-5,10,16H,1,6-8H2,(H,18,19)(H,20,21). The monoisotopic (exact) mass is 308 g/mol. The van der Waals surface area contributed by atoms with E-state index in [9.17, 15) is 19.5 Å². The van der Waals surface area contributed by atoms with Gasteiger partial charge in [0, 0.05) is 12.5 Å². The van der Waals surface area contributed by atoms with Crippen molar-refractivity contribution in [3.8, 4) is 0 Å². The van der Waals surface area contributed by atoms with Crippen LogP contribution in [-0.4, -0.2) is 45.9 Å². The minimum Gasteiger partial charge on any atom is -0.478 e. The number of ether oxygens (including phenoxy) is 1. The molecule has 7 heteroatoms. The number of carbonyl (C=O) groups is 3. The SMILES string of the molecule is C=CC(=O)OCCC(O)Cc1cccc(C(=O)O)c1C(=O)O. The summed E-state index contributed by atoms with van der Waals surface area (Å²) < 4.78 is 4.71. The summed E-state index contributed by atoms with van der Waals surface area (Å²) in [7, 11) is 0. The van der Waals surface area contributed by atoms with Gasteiger partial charge in [0.05, 0.1) is 23.8 Å². The number of hydrogen-bond donors (Lipinski definition) is 3. The quantitative estimate of drug-likeness (QED) is 0.485. The minimum absolute atomic E-state index is 0.0486. The van der Waals surface area contributed by atoms with E-state index in [-0.39, 0.29) is 36.1 Å². The predicted octanol–water partition coefficient (Wildman–Crippen LogP) is 1.11. The molecule has 0 aliphatic carbocycles. The summed E-state index contributed by atoms with van der Waals surface area (Å²) >= 11 is 0. The van der Waals surface area contributed by atoms with Gasteiger partial charge in [-0.3, -0.25) is 0 Å². The molecule has 0 aliphatic heterocycles. The number of benzene rings is 1. The van der Waals surface area contributed by atoms with E-state index in [1.165, 1.54) is 18.2 Å². The number of aliphatic hydroxyl groups excluding tert-OH is 1. The lowest BCUT2D eigenvalue weighted by Crippen LogP contribution is -2.18. The Kier molecular flexibility index (Phi) is 6.27. The molecule has 0 radical (unpaired) electrons. The molecule has 0 aliphatic rings. The van der Waals surface area contributed by atoms with Gasteiger partial charge in [-0.1, -0.05) is 18.7 Å². The third-order valence-corrected chi connectivity index (χ3v) is 2.91. The van der Waals surface area contributed by atoms with Crippen molar-refractivity contribution in [3.63, 3.8) is 0 Å². The van der Waals surface area contributed by atoms with E-state index < -0.39 is 24.0 Å². The molecule has 0 saturated carbocycles. The summed E-state index contributed by atoms with van der Waals surface area (Å²) in [6.45, 7) is 3.18. The third-order valence-electron chi connectivity index (χ3n) is 2.91. The van der Waals surface area contributed by atoms with Gasteiger partial charge in [-0.15, -0.1) is 0 Å². The van der Waals surface area contributed by atoms with Gasteiger partial charge in [-0.2, -0.15) is 0 Å². The van der Waals surface area contributed by atoms with E-state index in [4.69, 9.17) is 14.9 Å². The van der Waals surface area contributed by atoms with Crippen molar-refractivity contribution in [2.75, 3.05) is 6.61 Å². The molecule has 3 N–H and O–H groups in total. The number of hydrogen-bond acceptors (Lipinski definition) is 5. The van der Waals surface area contributed by atoms with Crippen LogP contribution in [0.3, 0.4) is 0 Å². The van der Waals surface area contributed by atoms with E-state index >= 15 is 0 Å². The normalized spacial score (nSPS) is 11.5. The van der Waals surface area contributed by atoms with Crippen LogP contribution in [0, 0.1) is 0 Å². The van der Waals surface area contributed by atoms with Gasteiger partial charge < -0.3 is 20.1 Å². The molecule has 1 aromatic rings. The smallest absolute Gasteiger partial charge is 0.336 e. The zero-order valence-corrected chi connectivity index (χ0v) is 11.7. The largest absolute Gasteiger partial charge is 0.478 e. The molecule has 1 atom stereocenters. The Balaban J connectivity index is 2.82. The molecule has 0 saturated heterocycles. The lowest BCUT2D eigenvalue weighted by Gasteiger charge is -2.13. The van der Waals surface area contributed by atoms with Crippen molar-refractivity contribution in [1.82, 2.24) is 0 Å². The van der Waals surface area contributed by atoms with Crippen molar-refractivity contribution in [2.45, 2.75) is 18.9 Å². The molecule has 0 fully saturated rings. The van der Waals surface area contributed by atoms with Crippen LogP contribution in [0.1, 0.15) is 32.7 Å². The van der Waals surface area contributed by atoms with Gasteiger partial charge in [-0.05, 0) is 18.1 Å². The van der Waals surface area contributed by atoms with E-state index in [0.717, 1.165) is 6.08 Å². The van der Waals surface area contributed by atoms with Crippen LogP contribution >= 0.6 is 0 Å². The van der Waals surface area contributed by atoms with Crippen molar-refractivity contribution < 1.29 is 34.4 Å². The molecule has 7 nitrogen and oxygen atoms in total. The van der Waals surface area contributed by atoms with Crippen molar-refractivity contribution in [2.24, 2.45) is 0 Å². The minimum atomic E-state index is -1.38. The van der Waals surface area contributed by atoms with Crippen LogP contribution in [0.5, 0.6) is 0 Å². The molecule has 0 bridgehead atoms. The Labute approximate surface area is 126 Å². The number of carbonyl (C=O) groups excluding carboxylic acids is 1. The highest BCUT2D eigenvalue weighted by Crippen LogP contribution is 2.18. The lowest BCUT2D eigenvalue weighted by molar-refractivity contribution is -0.138. The predicted molar refractivity (Wildman–Crippen MR) is 75.8 cm³/mol. The van der Waals surface area contributed by atoms with Gasteiger partial charge in [0.15, 0.2) is 0 Å². The molecule has 0 spiro atoms. The Morgan fingerprint density at radius 2 is 1.91 bits per heavy atom. The molecule has 0 heterocycles. The van der Waals surface area contributed by atoms with Crippen LogP contribution in [0.15, 0.2) is 30.9 Å². The van der Waals surface area contributed by atoms with E-state index in [1.807, 2.05) is 0 Å². The lowest BCUT2D eigenvalue weighted by atomic mass is 9.96. The van der Waals surface area contributed by atoms with Crippen LogP contribution in [0.2, 0.25) is 0 Å². The van der Waals surface area contributed by atoms with E-state index in [0.29, 0.717) is 0 Å². The molecule has 118 valence electrons. The number of rotatable bonds is 8. The first-order chi connectivity index (χ1) is 10.4. The highest BCUT2D eigenvalue weighted by Gasteiger charge is 2.21. The fraction of sp³-hybridized carbons (Fsp3) is 0.267. The first kappa shape index (κ1) is 17.4. The third kappa shape index (κ3) is 4.71. The Hall–Kier alpha value is -2.67. The van der Waals surface area contributed by atoms with Crippen molar-refractivity contribution >= 4 is 17.9 Å². The maximum Gasteiger partial charge on any atom is 0.336 e. The summed E-state index contributed by atoms with van der Waals surface area (Å²) in [6, 6.07) is 4.04. The average Bonchev–Trinajstić information content (AvgIpc) is 2.46. The second-order valence-corrected chi connectivity index (χ2v) is 4.47. The maximum atomic E-state index is 11.2. The maximum absolute atomic E-state index is 11.2. The fourth-order valence-electron chi connectivity index (χ4n) is 1.91. The molecule has 0 amide bonds. The zero-order valence-electron chi connectivity index (χ0n) is 11.7. The van der Waals surface area contributed by atoms with Crippen molar-refractivity contribution in [3.05, 3.63) is 47.5 Å². The number of aliphatic hydroxyl groups is 1. The first-order valence-electron chi connectivity index (χ1n) is 6.42. The summed E-state index contributed by atoms with van der Waals surface area (Å²) in [5.74, 6) is -3.35. The summed E-state index contributed by atoms with van der Waals surface area (Å²) in [4.78, 5) is 33.1. The average molecular weight is 308 g/mol. The van der Waals surface area contributed by atoms with E-state index in [1.54, 1.807) is 0 Å². The number of carboxylic acid groups (broad SMARTS) is 2. The van der Waals surface area contributed by atoms with E-state index in [2.05, 4.69) is 6.58 Å². The molecule has 0 aromatic heterocycles. The van der Waals surface area contributed by atoms with Gasteiger partial charge in [0.1, 0.15) is 0 Å². The van der Waals surface area contributed by atoms with Crippen LogP contribution in [0.25, 0.3) is 0 Å². The second-order valence-electron chi connectivity index (χ2n) is 4.47. The van der Waals surface area contributed by atoms with Crippen LogP contribution in [-0.2, 0) is 16.0 Å². The highest BCUT2D eigenvalue weighted by atomic mass is 16.5. The molecule has 1 rings (SSSR count). The number of aromatic carboxylic acids is 2.